The lowest BCUT2D eigenvalue weighted by atomic mass is 9.96. The van der Waals surface area contributed by atoms with Crippen molar-refractivity contribution in [2.75, 3.05) is 81.2 Å². The van der Waals surface area contributed by atoms with E-state index < -0.39 is 6.03 Å². The van der Waals surface area contributed by atoms with Crippen LogP contribution >= 0.6 is 0 Å². The highest BCUT2D eigenvalue weighted by Crippen LogP contribution is 2.38. The van der Waals surface area contributed by atoms with E-state index in [1.54, 1.807) is 0 Å². The van der Waals surface area contributed by atoms with Crippen LogP contribution < -0.4 is 25.8 Å². The number of piperazine rings is 2. The van der Waals surface area contributed by atoms with Gasteiger partial charge in [-0.1, -0.05) is 60.7 Å². The molecule has 46 heavy (non-hydrogen) atoms. The predicted octanol–water partition coefficient (Wildman–Crippen LogP) is 4.93. The summed E-state index contributed by atoms with van der Waals surface area (Å²) in [6, 6.07) is 34.3. The molecule has 2 aliphatic rings. The number of urea groups is 1. The van der Waals surface area contributed by atoms with E-state index in [0.29, 0.717) is 30.0 Å². The summed E-state index contributed by atoms with van der Waals surface area (Å²) < 4.78 is 0. The van der Waals surface area contributed by atoms with Crippen LogP contribution in [0.1, 0.15) is 27.5 Å². The number of nitrogens with zero attached hydrogens (tertiary/aromatic N) is 5. The number of nitrogens with two attached hydrogens (primary N) is 1. The Bertz CT molecular complexity index is 1580. The number of amides is 3. The first-order chi connectivity index (χ1) is 22.4. The lowest BCUT2D eigenvalue weighted by Crippen LogP contribution is -2.48. The number of carbonyl (C=O) groups excluding carboxylic acids is 2. The van der Waals surface area contributed by atoms with E-state index in [0.717, 1.165) is 50.6 Å². The molecule has 2 heterocycles. The predicted molar refractivity (Wildman–Crippen MR) is 186 cm³/mol. The Morgan fingerprint density at radius 1 is 0.717 bits per heavy atom. The summed E-state index contributed by atoms with van der Waals surface area (Å²) in [4.78, 5) is 37.0. The van der Waals surface area contributed by atoms with Gasteiger partial charge in [-0.15, -0.1) is 0 Å². The molecule has 238 valence electrons. The fourth-order valence-electron chi connectivity index (χ4n) is 6.54. The summed E-state index contributed by atoms with van der Waals surface area (Å²) in [5.41, 5.74) is 12.3. The molecule has 2 saturated heterocycles. The topological polar surface area (TPSA) is 88.4 Å². The van der Waals surface area contributed by atoms with E-state index in [4.69, 9.17) is 5.73 Å². The summed E-state index contributed by atoms with van der Waals surface area (Å²) in [6.45, 7) is 5.97. The molecule has 0 unspecified atom stereocenters. The Labute approximate surface area is 271 Å². The van der Waals surface area contributed by atoms with Crippen molar-refractivity contribution in [3.8, 4) is 0 Å². The van der Waals surface area contributed by atoms with Crippen LogP contribution in [0.5, 0.6) is 0 Å². The zero-order chi connectivity index (χ0) is 32.0. The lowest BCUT2D eigenvalue weighted by Gasteiger charge is -2.41. The van der Waals surface area contributed by atoms with E-state index >= 15 is 0 Å². The molecule has 0 radical (unpaired) electrons. The molecule has 0 spiro atoms. The molecule has 0 saturated carbocycles. The standard InChI is InChI=1S/C37H43N7O2/c1-40(2)31-14-16-32(17-15-31)44(37(38)46)34-27-30(36(45)43-21-19-39-20-22-43)13-18-33(34)41-23-25-42(26-24-41)35(28-9-5-3-6-10-28)29-11-7-4-8-12-29/h3-18,27,35,39H,19-26H2,1-2H3,(H2,38,46). The Kier molecular flexibility index (Phi) is 9.51. The molecule has 0 bridgehead atoms. The van der Waals surface area contributed by atoms with Gasteiger partial charge in [0, 0.05) is 77.7 Å². The highest BCUT2D eigenvalue weighted by atomic mass is 16.2. The third-order valence-corrected chi connectivity index (χ3v) is 8.96. The second-order valence-corrected chi connectivity index (χ2v) is 12.1. The number of hydrogen-bond acceptors (Lipinski definition) is 6. The molecule has 2 aliphatic heterocycles. The van der Waals surface area contributed by atoms with Gasteiger partial charge in [0.25, 0.3) is 5.91 Å². The van der Waals surface area contributed by atoms with Crippen molar-refractivity contribution in [2.24, 2.45) is 5.73 Å². The fraction of sp³-hybridized carbons (Fsp3) is 0.297. The van der Waals surface area contributed by atoms with E-state index in [9.17, 15) is 9.59 Å². The van der Waals surface area contributed by atoms with Crippen molar-refractivity contribution >= 4 is 34.7 Å². The highest BCUT2D eigenvalue weighted by molar-refractivity contribution is 6.04. The monoisotopic (exact) mass is 617 g/mol. The van der Waals surface area contributed by atoms with Gasteiger partial charge in [-0.05, 0) is 53.6 Å². The average Bonchev–Trinajstić information content (AvgIpc) is 3.10. The summed E-state index contributed by atoms with van der Waals surface area (Å²) in [5.74, 6) is -0.0416. The first-order valence-electron chi connectivity index (χ1n) is 16.0. The van der Waals surface area contributed by atoms with Gasteiger partial charge in [-0.2, -0.15) is 0 Å². The van der Waals surface area contributed by atoms with Gasteiger partial charge in [0.1, 0.15) is 0 Å². The molecule has 9 heteroatoms. The van der Waals surface area contributed by atoms with Gasteiger partial charge in [-0.3, -0.25) is 14.6 Å². The molecule has 2 fully saturated rings. The normalized spacial score (nSPS) is 15.5. The van der Waals surface area contributed by atoms with Crippen LogP contribution in [-0.4, -0.2) is 88.2 Å². The van der Waals surface area contributed by atoms with Gasteiger partial charge in [0.2, 0.25) is 0 Å². The van der Waals surface area contributed by atoms with Gasteiger partial charge >= 0.3 is 6.03 Å². The Morgan fingerprint density at radius 3 is 1.83 bits per heavy atom. The maximum Gasteiger partial charge on any atom is 0.323 e. The first-order valence-corrected chi connectivity index (χ1v) is 16.0. The smallest absolute Gasteiger partial charge is 0.323 e. The molecule has 0 atom stereocenters. The molecule has 6 rings (SSSR count). The van der Waals surface area contributed by atoms with E-state index in [1.807, 2.05) is 66.4 Å². The molecule has 9 nitrogen and oxygen atoms in total. The van der Waals surface area contributed by atoms with E-state index in [1.165, 1.54) is 16.0 Å². The molecule has 4 aromatic carbocycles. The minimum atomic E-state index is -0.600. The van der Waals surface area contributed by atoms with Crippen molar-refractivity contribution in [2.45, 2.75) is 6.04 Å². The number of anilines is 4. The van der Waals surface area contributed by atoms with Crippen LogP contribution in [0.3, 0.4) is 0 Å². The maximum absolute atomic E-state index is 13.6. The molecule has 3 amide bonds. The van der Waals surface area contributed by atoms with Crippen molar-refractivity contribution in [1.82, 2.24) is 15.1 Å². The van der Waals surface area contributed by atoms with E-state index in [2.05, 4.69) is 75.8 Å². The van der Waals surface area contributed by atoms with Crippen molar-refractivity contribution in [3.63, 3.8) is 0 Å². The van der Waals surface area contributed by atoms with Gasteiger partial charge in [-0.25, -0.2) is 4.79 Å². The third kappa shape index (κ3) is 6.71. The first kappa shape index (κ1) is 31.1. The van der Waals surface area contributed by atoms with Crippen LogP contribution in [0.2, 0.25) is 0 Å². The summed E-state index contributed by atoms with van der Waals surface area (Å²) >= 11 is 0. The maximum atomic E-state index is 13.6. The van der Waals surface area contributed by atoms with Crippen LogP contribution in [0.25, 0.3) is 0 Å². The number of carbonyl (C=O) groups is 2. The summed E-state index contributed by atoms with van der Waals surface area (Å²) in [6.07, 6.45) is 0. The van der Waals surface area contributed by atoms with Crippen molar-refractivity contribution in [1.29, 1.82) is 0 Å². The van der Waals surface area contributed by atoms with Crippen LogP contribution in [0, 0.1) is 0 Å². The van der Waals surface area contributed by atoms with Gasteiger partial charge in [0.15, 0.2) is 0 Å². The van der Waals surface area contributed by atoms with Crippen LogP contribution in [0.4, 0.5) is 27.5 Å². The largest absolute Gasteiger partial charge is 0.378 e. The highest BCUT2D eigenvalue weighted by Gasteiger charge is 2.30. The zero-order valence-electron chi connectivity index (χ0n) is 26.7. The van der Waals surface area contributed by atoms with Crippen molar-refractivity contribution < 1.29 is 9.59 Å². The number of benzene rings is 4. The average molecular weight is 618 g/mol. The fourth-order valence-corrected chi connectivity index (χ4v) is 6.54. The van der Waals surface area contributed by atoms with Crippen LogP contribution in [-0.2, 0) is 0 Å². The molecule has 3 N–H and O–H groups in total. The number of rotatable bonds is 8. The SMILES string of the molecule is CN(C)c1ccc(N(C(N)=O)c2cc(C(=O)N3CCNCC3)ccc2N2CCN(C(c3ccccc3)c3ccccc3)CC2)cc1. The molecule has 0 aliphatic carbocycles. The van der Waals surface area contributed by atoms with Crippen LogP contribution in [0.15, 0.2) is 103 Å². The quantitative estimate of drug-likeness (QED) is 0.292. The third-order valence-electron chi connectivity index (χ3n) is 8.96. The second kappa shape index (κ2) is 14.1. The Morgan fingerprint density at radius 2 is 1.28 bits per heavy atom. The molecular weight excluding hydrogens is 574 g/mol. The zero-order valence-corrected chi connectivity index (χ0v) is 26.7. The lowest BCUT2D eigenvalue weighted by molar-refractivity contribution is 0.0736. The second-order valence-electron chi connectivity index (χ2n) is 12.1. The molecular formula is C37H43N7O2. The minimum absolute atomic E-state index is 0.0416. The number of primary amides is 1. The number of nitrogens with one attached hydrogen (secondary N) is 1. The minimum Gasteiger partial charge on any atom is -0.378 e. The van der Waals surface area contributed by atoms with Gasteiger partial charge in [0.05, 0.1) is 23.1 Å². The Hall–Kier alpha value is -4.86. The van der Waals surface area contributed by atoms with Gasteiger partial charge < -0.3 is 25.8 Å². The van der Waals surface area contributed by atoms with Crippen molar-refractivity contribution in [3.05, 3.63) is 120 Å². The summed E-state index contributed by atoms with van der Waals surface area (Å²) in [5, 5.41) is 3.31. The Balaban J connectivity index is 1.33. The summed E-state index contributed by atoms with van der Waals surface area (Å²) in [7, 11) is 3.95. The van der Waals surface area contributed by atoms with E-state index in [-0.39, 0.29) is 11.9 Å². The molecule has 4 aromatic rings. The molecule has 0 aromatic heterocycles. The number of hydrogen-bond donors (Lipinski definition) is 2.